The predicted octanol–water partition coefficient (Wildman–Crippen LogP) is 1.37. The second-order valence-electron chi connectivity index (χ2n) is 5.25. The van der Waals surface area contributed by atoms with Gasteiger partial charge in [-0.3, -0.25) is 4.90 Å². The van der Waals surface area contributed by atoms with E-state index in [0.29, 0.717) is 18.2 Å². The second-order valence-corrected chi connectivity index (χ2v) is 5.25. The fraction of sp³-hybridized carbons (Fsp3) is 0.538. The lowest BCUT2D eigenvalue weighted by Crippen LogP contribution is -2.37. The maximum absolute atomic E-state index is 12.8. The van der Waals surface area contributed by atoms with Crippen molar-refractivity contribution in [1.29, 1.82) is 0 Å². The number of rotatable bonds is 3. The van der Waals surface area contributed by atoms with Crippen LogP contribution >= 0.6 is 0 Å². The highest BCUT2D eigenvalue weighted by Gasteiger charge is 2.32. The molecule has 0 bridgehead atoms. The normalized spacial score (nSPS) is 20.4. The van der Waals surface area contributed by atoms with Gasteiger partial charge in [0.05, 0.1) is 5.56 Å². The number of nitrogens with zero attached hydrogens (tertiary/aromatic N) is 1. The van der Waals surface area contributed by atoms with E-state index in [0.717, 1.165) is 37.6 Å². The summed E-state index contributed by atoms with van der Waals surface area (Å²) in [4.78, 5) is 2.06. The highest BCUT2D eigenvalue weighted by atomic mass is 19.4. The highest BCUT2D eigenvalue weighted by Crippen LogP contribution is 2.30. The lowest BCUT2D eigenvalue weighted by molar-refractivity contribution is -0.137. The minimum Gasteiger partial charge on any atom is -0.423 e. The fourth-order valence-electron chi connectivity index (χ4n) is 2.62. The first-order chi connectivity index (χ1) is 9.29. The molecule has 0 aromatic heterocycles. The van der Waals surface area contributed by atoms with Crippen LogP contribution < -0.4 is 5.46 Å². The molecule has 0 amide bonds. The van der Waals surface area contributed by atoms with Gasteiger partial charge in [-0.05, 0) is 43.4 Å². The van der Waals surface area contributed by atoms with Gasteiger partial charge in [0.15, 0.2) is 0 Å². The van der Waals surface area contributed by atoms with Crippen molar-refractivity contribution in [2.24, 2.45) is 0 Å². The van der Waals surface area contributed by atoms with Crippen LogP contribution in [-0.4, -0.2) is 34.7 Å². The van der Waals surface area contributed by atoms with Gasteiger partial charge in [-0.25, -0.2) is 0 Å². The molecule has 3 nitrogen and oxygen atoms in total. The third kappa shape index (κ3) is 3.34. The summed E-state index contributed by atoms with van der Waals surface area (Å²) in [5, 5.41) is 18.6. The van der Waals surface area contributed by atoms with E-state index in [1.165, 1.54) is 0 Å². The minimum absolute atomic E-state index is 0.136. The zero-order valence-electron chi connectivity index (χ0n) is 11.2. The molecule has 1 heterocycles. The van der Waals surface area contributed by atoms with Gasteiger partial charge in [0, 0.05) is 12.6 Å². The van der Waals surface area contributed by atoms with Crippen molar-refractivity contribution in [3.8, 4) is 0 Å². The van der Waals surface area contributed by atoms with Crippen LogP contribution in [0.25, 0.3) is 0 Å². The monoisotopic (exact) mass is 287 g/mol. The van der Waals surface area contributed by atoms with E-state index in [9.17, 15) is 23.2 Å². The minimum atomic E-state index is -4.43. The van der Waals surface area contributed by atoms with E-state index in [4.69, 9.17) is 0 Å². The van der Waals surface area contributed by atoms with Crippen LogP contribution in [0, 0.1) is 0 Å². The van der Waals surface area contributed by atoms with E-state index in [1.807, 2.05) is 6.92 Å². The summed E-state index contributed by atoms with van der Waals surface area (Å²) >= 11 is 0. The van der Waals surface area contributed by atoms with E-state index >= 15 is 0 Å². The van der Waals surface area contributed by atoms with Gasteiger partial charge in [0.25, 0.3) is 0 Å². The van der Waals surface area contributed by atoms with E-state index < -0.39 is 18.9 Å². The molecule has 1 aliphatic rings. The molecule has 1 aromatic rings. The Morgan fingerprint density at radius 1 is 1.35 bits per heavy atom. The molecule has 0 saturated carbocycles. The first-order valence-electron chi connectivity index (χ1n) is 6.59. The van der Waals surface area contributed by atoms with E-state index in [1.54, 1.807) is 0 Å². The standard InChI is InChI=1S/C13H17BF3NO2/c1-9-3-2-6-18(9)8-10-7-11(13(15,16)17)4-5-12(10)14(19)20/h4-5,7,9,19-20H,2-3,6,8H2,1H3. The number of halogens is 3. The first-order valence-corrected chi connectivity index (χ1v) is 6.59. The predicted molar refractivity (Wildman–Crippen MR) is 70.4 cm³/mol. The molecule has 2 N–H and O–H groups in total. The zero-order valence-corrected chi connectivity index (χ0v) is 11.2. The summed E-state index contributed by atoms with van der Waals surface area (Å²) in [6.07, 6.45) is -2.41. The maximum Gasteiger partial charge on any atom is 0.488 e. The number of benzene rings is 1. The molecule has 1 aromatic carbocycles. The summed E-state index contributed by atoms with van der Waals surface area (Å²) < 4.78 is 38.3. The third-order valence-electron chi connectivity index (χ3n) is 3.81. The molecule has 110 valence electrons. The van der Waals surface area contributed by atoms with Gasteiger partial charge >= 0.3 is 13.3 Å². The molecule has 0 spiro atoms. The summed E-state index contributed by atoms with van der Waals surface area (Å²) in [6, 6.07) is 3.34. The molecular weight excluding hydrogens is 270 g/mol. The lowest BCUT2D eigenvalue weighted by atomic mass is 9.76. The van der Waals surface area contributed by atoms with Crippen molar-refractivity contribution in [1.82, 2.24) is 4.90 Å². The Labute approximate surface area is 116 Å². The van der Waals surface area contributed by atoms with Crippen molar-refractivity contribution >= 4 is 12.6 Å². The highest BCUT2D eigenvalue weighted by molar-refractivity contribution is 6.59. The van der Waals surface area contributed by atoms with Crippen molar-refractivity contribution < 1.29 is 23.2 Å². The fourth-order valence-corrected chi connectivity index (χ4v) is 2.62. The Balaban J connectivity index is 2.32. The summed E-state index contributed by atoms with van der Waals surface area (Å²) in [5.41, 5.74) is -0.301. The number of likely N-dealkylation sites (tertiary alicyclic amines) is 1. The summed E-state index contributed by atoms with van der Waals surface area (Å²) in [5.74, 6) is 0. The molecule has 1 saturated heterocycles. The zero-order chi connectivity index (χ0) is 14.9. The van der Waals surface area contributed by atoms with Gasteiger partial charge in [-0.1, -0.05) is 12.1 Å². The molecule has 1 aliphatic heterocycles. The number of hydrogen-bond acceptors (Lipinski definition) is 3. The molecule has 2 rings (SSSR count). The maximum atomic E-state index is 12.8. The molecule has 7 heteroatoms. The van der Waals surface area contributed by atoms with Gasteiger partial charge in [-0.2, -0.15) is 13.2 Å². The van der Waals surface area contributed by atoms with Crippen LogP contribution in [0.1, 0.15) is 30.9 Å². The van der Waals surface area contributed by atoms with Crippen LogP contribution in [0.5, 0.6) is 0 Å². The Morgan fingerprint density at radius 2 is 2.05 bits per heavy atom. The first kappa shape index (κ1) is 15.3. The molecule has 0 radical (unpaired) electrons. The summed E-state index contributed by atoms with van der Waals surface area (Å²) in [7, 11) is -1.76. The molecule has 1 atom stereocenters. The smallest absolute Gasteiger partial charge is 0.423 e. The van der Waals surface area contributed by atoms with Gasteiger partial charge in [0.2, 0.25) is 0 Å². The van der Waals surface area contributed by atoms with Crippen molar-refractivity contribution in [3.05, 3.63) is 29.3 Å². The third-order valence-corrected chi connectivity index (χ3v) is 3.81. The molecule has 20 heavy (non-hydrogen) atoms. The molecule has 1 fully saturated rings. The Kier molecular flexibility index (Phi) is 4.41. The molecule has 1 unspecified atom stereocenters. The number of alkyl halides is 3. The quantitative estimate of drug-likeness (QED) is 0.825. The van der Waals surface area contributed by atoms with E-state index in [-0.39, 0.29) is 5.46 Å². The van der Waals surface area contributed by atoms with Gasteiger partial charge in [-0.15, -0.1) is 0 Å². The van der Waals surface area contributed by atoms with Crippen LogP contribution in [0.4, 0.5) is 13.2 Å². The van der Waals surface area contributed by atoms with Gasteiger partial charge in [0.1, 0.15) is 0 Å². The lowest BCUT2D eigenvalue weighted by Gasteiger charge is -2.23. The largest absolute Gasteiger partial charge is 0.488 e. The Hall–Kier alpha value is -1.05. The SMILES string of the molecule is CC1CCCN1Cc1cc(C(F)(F)F)ccc1B(O)O. The average molecular weight is 287 g/mol. The number of hydrogen-bond donors (Lipinski definition) is 2. The van der Waals surface area contributed by atoms with Gasteiger partial charge < -0.3 is 10.0 Å². The molecule has 0 aliphatic carbocycles. The van der Waals surface area contributed by atoms with Crippen molar-refractivity contribution in [2.75, 3.05) is 6.54 Å². The van der Waals surface area contributed by atoms with Crippen molar-refractivity contribution in [3.63, 3.8) is 0 Å². The van der Waals surface area contributed by atoms with Crippen LogP contribution in [0.3, 0.4) is 0 Å². The van der Waals surface area contributed by atoms with Crippen LogP contribution in [-0.2, 0) is 12.7 Å². The average Bonchev–Trinajstić information content (AvgIpc) is 2.73. The topological polar surface area (TPSA) is 43.7 Å². The van der Waals surface area contributed by atoms with Crippen molar-refractivity contribution in [2.45, 2.75) is 38.5 Å². The Morgan fingerprint density at radius 3 is 2.55 bits per heavy atom. The summed E-state index contributed by atoms with van der Waals surface area (Å²) in [6.45, 7) is 3.14. The van der Waals surface area contributed by atoms with Crippen LogP contribution in [0.2, 0.25) is 0 Å². The Bertz CT molecular complexity index is 479. The van der Waals surface area contributed by atoms with E-state index in [2.05, 4.69) is 4.90 Å². The second kappa shape index (κ2) is 5.75. The van der Waals surface area contributed by atoms with Crippen LogP contribution in [0.15, 0.2) is 18.2 Å². The molecular formula is C13H17BF3NO2.